The van der Waals surface area contributed by atoms with Gasteiger partial charge in [-0.25, -0.2) is 0 Å². The third-order valence-electron chi connectivity index (χ3n) is 3.71. The lowest BCUT2D eigenvalue weighted by molar-refractivity contribution is -0.136. The number of anilines is 1. The number of hydrogen-bond donors (Lipinski definition) is 2. The summed E-state index contributed by atoms with van der Waals surface area (Å²) in [7, 11) is 0. The topological polar surface area (TPSA) is 76.7 Å². The largest absolute Gasteiger partial charge is 0.486 e. The van der Waals surface area contributed by atoms with Gasteiger partial charge < -0.3 is 20.1 Å². The second kappa shape index (κ2) is 7.44. The van der Waals surface area contributed by atoms with Gasteiger partial charge in [-0.2, -0.15) is 0 Å². The summed E-state index contributed by atoms with van der Waals surface area (Å²) in [6, 6.07) is 12.4. The quantitative estimate of drug-likeness (QED) is 0.825. The average molecular weight is 361 g/mol. The van der Waals surface area contributed by atoms with E-state index in [2.05, 4.69) is 10.6 Å². The maximum Gasteiger partial charge on any atom is 0.313 e. The number of halogens is 1. The Morgan fingerprint density at radius 1 is 1.16 bits per heavy atom. The van der Waals surface area contributed by atoms with Crippen molar-refractivity contribution in [2.75, 3.05) is 18.5 Å². The molecule has 0 bridgehead atoms. The molecule has 1 atom stereocenters. The lowest BCUT2D eigenvalue weighted by atomic mass is 10.2. The highest BCUT2D eigenvalue weighted by Crippen LogP contribution is 2.30. The van der Waals surface area contributed by atoms with Crippen molar-refractivity contribution in [3.8, 4) is 11.5 Å². The first-order valence-electron chi connectivity index (χ1n) is 7.77. The maximum atomic E-state index is 12.0. The number of rotatable bonds is 3. The first-order chi connectivity index (χ1) is 12.0. The molecule has 1 heterocycles. The summed E-state index contributed by atoms with van der Waals surface area (Å²) in [5.74, 6) is -0.226. The van der Waals surface area contributed by atoms with Gasteiger partial charge in [0.25, 0.3) is 0 Å². The van der Waals surface area contributed by atoms with Crippen LogP contribution in [-0.2, 0) is 9.59 Å². The molecule has 1 aliphatic rings. The molecule has 25 heavy (non-hydrogen) atoms. The van der Waals surface area contributed by atoms with E-state index in [1.807, 2.05) is 25.1 Å². The smallest absolute Gasteiger partial charge is 0.313 e. The molecule has 6 nitrogen and oxygen atoms in total. The minimum atomic E-state index is -0.762. The lowest BCUT2D eigenvalue weighted by Crippen LogP contribution is -2.44. The van der Waals surface area contributed by atoms with E-state index in [1.165, 1.54) is 0 Å². The molecule has 0 radical (unpaired) electrons. The Balaban J connectivity index is 1.52. The van der Waals surface area contributed by atoms with Crippen molar-refractivity contribution in [1.29, 1.82) is 0 Å². The van der Waals surface area contributed by atoms with Crippen LogP contribution >= 0.6 is 11.6 Å². The number of carbonyl (C=O) groups is 2. The second-order valence-corrected chi connectivity index (χ2v) is 6.06. The van der Waals surface area contributed by atoms with Crippen LogP contribution in [0.3, 0.4) is 0 Å². The van der Waals surface area contributed by atoms with Crippen LogP contribution in [-0.4, -0.2) is 31.1 Å². The summed E-state index contributed by atoms with van der Waals surface area (Å²) >= 11 is 5.90. The zero-order chi connectivity index (χ0) is 17.8. The van der Waals surface area contributed by atoms with Crippen LogP contribution < -0.4 is 20.1 Å². The molecule has 0 fully saturated rings. The lowest BCUT2D eigenvalue weighted by Gasteiger charge is -2.26. The molecular formula is C18H17ClN2O4. The van der Waals surface area contributed by atoms with Crippen molar-refractivity contribution < 1.29 is 19.1 Å². The molecule has 0 saturated carbocycles. The van der Waals surface area contributed by atoms with Crippen molar-refractivity contribution in [2.45, 2.75) is 13.0 Å². The Hall–Kier alpha value is -2.73. The Kier molecular flexibility index (Phi) is 5.09. The van der Waals surface area contributed by atoms with E-state index in [4.69, 9.17) is 21.1 Å². The molecule has 2 aromatic rings. The summed E-state index contributed by atoms with van der Waals surface area (Å²) in [5, 5.41) is 5.57. The van der Waals surface area contributed by atoms with Gasteiger partial charge in [0.2, 0.25) is 0 Å². The maximum absolute atomic E-state index is 12.0. The Labute approximate surface area is 150 Å². The number of fused-ring (bicyclic) bond motifs is 1. The number of aryl methyl sites for hydroxylation is 1. The van der Waals surface area contributed by atoms with Crippen molar-refractivity contribution >= 4 is 29.1 Å². The van der Waals surface area contributed by atoms with E-state index >= 15 is 0 Å². The number of ether oxygens (including phenoxy) is 2. The molecule has 2 N–H and O–H groups in total. The van der Waals surface area contributed by atoms with Crippen LogP contribution in [0.2, 0.25) is 5.02 Å². The predicted molar refractivity (Wildman–Crippen MR) is 94.2 cm³/mol. The van der Waals surface area contributed by atoms with Gasteiger partial charge in [-0.05, 0) is 36.8 Å². The van der Waals surface area contributed by atoms with Gasteiger partial charge in [0.05, 0.1) is 6.54 Å². The van der Waals surface area contributed by atoms with Crippen LogP contribution in [0.25, 0.3) is 0 Å². The first kappa shape index (κ1) is 17.1. The average Bonchev–Trinajstić information content (AvgIpc) is 2.62. The standard InChI is InChI=1S/C18H17ClN2O4/c1-11-6-7-12(19)8-14(11)21-18(23)17(22)20-9-13-10-24-15-4-2-3-5-16(15)25-13/h2-8,13H,9-10H2,1H3,(H,20,22)(H,21,23). The molecule has 3 rings (SSSR count). The minimum absolute atomic E-state index is 0.162. The molecular weight excluding hydrogens is 344 g/mol. The Morgan fingerprint density at radius 2 is 1.92 bits per heavy atom. The number of para-hydroxylation sites is 2. The summed E-state index contributed by atoms with van der Waals surface area (Å²) in [6.45, 7) is 2.27. The highest BCUT2D eigenvalue weighted by atomic mass is 35.5. The fourth-order valence-electron chi connectivity index (χ4n) is 2.36. The number of hydrogen-bond acceptors (Lipinski definition) is 4. The highest BCUT2D eigenvalue weighted by molar-refractivity contribution is 6.40. The molecule has 0 spiro atoms. The summed E-state index contributed by atoms with van der Waals surface area (Å²) in [4.78, 5) is 24.0. The summed E-state index contributed by atoms with van der Waals surface area (Å²) < 4.78 is 11.3. The predicted octanol–water partition coefficient (Wildman–Crippen LogP) is 2.54. The molecule has 130 valence electrons. The van der Waals surface area contributed by atoms with Gasteiger partial charge in [-0.3, -0.25) is 9.59 Å². The molecule has 1 aliphatic heterocycles. The fourth-order valence-corrected chi connectivity index (χ4v) is 2.53. The number of amides is 2. The summed E-state index contributed by atoms with van der Waals surface area (Å²) in [5.41, 5.74) is 1.31. The van der Waals surface area contributed by atoms with E-state index in [1.54, 1.807) is 24.3 Å². The van der Waals surface area contributed by atoms with Crippen LogP contribution in [0.5, 0.6) is 11.5 Å². The van der Waals surface area contributed by atoms with Gasteiger partial charge in [-0.15, -0.1) is 0 Å². The third-order valence-corrected chi connectivity index (χ3v) is 3.95. The molecule has 2 aromatic carbocycles. The Bertz CT molecular complexity index is 809. The van der Waals surface area contributed by atoms with Crippen LogP contribution in [0.15, 0.2) is 42.5 Å². The van der Waals surface area contributed by atoms with E-state index in [9.17, 15) is 9.59 Å². The number of benzene rings is 2. The van der Waals surface area contributed by atoms with Crippen molar-refractivity contribution in [2.24, 2.45) is 0 Å². The molecule has 0 aromatic heterocycles. The molecule has 0 saturated heterocycles. The first-order valence-corrected chi connectivity index (χ1v) is 8.14. The second-order valence-electron chi connectivity index (χ2n) is 5.62. The van der Waals surface area contributed by atoms with Crippen molar-refractivity contribution in [3.05, 3.63) is 53.1 Å². The van der Waals surface area contributed by atoms with Crippen LogP contribution in [0, 0.1) is 6.92 Å². The monoisotopic (exact) mass is 360 g/mol. The van der Waals surface area contributed by atoms with E-state index < -0.39 is 11.8 Å². The normalized spacial score (nSPS) is 15.4. The minimum Gasteiger partial charge on any atom is -0.486 e. The SMILES string of the molecule is Cc1ccc(Cl)cc1NC(=O)C(=O)NCC1COc2ccccc2O1. The van der Waals surface area contributed by atoms with Gasteiger partial charge >= 0.3 is 11.8 Å². The van der Waals surface area contributed by atoms with Crippen LogP contribution in [0.4, 0.5) is 5.69 Å². The fraction of sp³-hybridized carbons (Fsp3) is 0.222. The number of carbonyl (C=O) groups excluding carboxylic acids is 2. The van der Waals surface area contributed by atoms with Gasteiger partial charge in [-0.1, -0.05) is 29.8 Å². The van der Waals surface area contributed by atoms with Crippen molar-refractivity contribution in [3.63, 3.8) is 0 Å². The zero-order valence-electron chi connectivity index (χ0n) is 13.5. The van der Waals surface area contributed by atoms with Crippen LogP contribution in [0.1, 0.15) is 5.56 Å². The van der Waals surface area contributed by atoms with E-state index in [0.29, 0.717) is 28.8 Å². The molecule has 7 heteroatoms. The Morgan fingerprint density at radius 3 is 2.72 bits per heavy atom. The van der Waals surface area contributed by atoms with Crippen molar-refractivity contribution in [1.82, 2.24) is 5.32 Å². The number of nitrogens with one attached hydrogen (secondary N) is 2. The highest BCUT2D eigenvalue weighted by Gasteiger charge is 2.22. The van der Waals surface area contributed by atoms with E-state index in [-0.39, 0.29) is 12.6 Å². The zero-order valence-corrected chi connectivity index (χ0v) is 14.3. The molecule has 1 unspecified atom stereocenters. The summed E-state index contributed by atoms with van der Waals surface area (Å²) in [6.07, 6.45) is -0.362. The van der Waals surface area contributed by atoms with Gasteiger partial charge in [0.15, 0.2) is 11.5 Å². The molecule has 2 amide bonds. The van der Waals surface area contributed by atoms with E-state index in [0.717, 1.165) is 5.56 Å². The third kappa shape index (κ3) is 4.22. The van der Waals surface area contributed by atoms with Gasteiger partial charge in [0, 0.05) is 10.7 Å². The molecule has 0 aliphatic carbocycles. The van der Waals surface area contributed by atoms with Gasteiger partial charge in [0.1, 0.15) is 12.7 Å².